The third kappa shape index (κ3) is 3.88. The summed E-state index contributed by atoms with van der Waals surface area (Å²) in [6, 6.07) is 21.6. The standard InChI is InChI=1S/C30H27N5O3/c36-30(37)21-7-5-20(6-8-21)28-27(33-29-26(11-12-31-35(28)29)34-13-15-38-16-14-34)23-17-22(18-23)25-10-9-19-3-1-2-4-24(19)32-25/h1-12,22-23H,13-18H2,(H,36,37). The van der Waals surface area contributed by atoms with Gasteiger partial charge in [-0.05, 0) is 43.2 Å². The highest BCUT2D eigenvalue weighted by Crippen LogP contribution is 2.49. The highest BCUT2D eigenvalue weighted by atomic mass is 16.5. The number of carboxylic acids is 1. The van der Waals surface area contributed by atoms with Gasteiger partial charge in [-0.25, -0.2) is 14.3 Å². The van der Waals surface area contributed by atoms with Crippen molar-refractivity contribution in [2.45, 2.75) is 24.7 Å². The molecule has 2 aliphatic rings. The molecule has 4 heterocycles. The van der Waals surface area contributed by atoms with Crippen molar-refractivity contribution in [3.63, 3.8) is 0 Å². The van der Waals surface area contributed by atoms with Crippen molar-refractivity contribution >= 4 is 28.2 Å². The number of hydrogen-bond acceptors (Lipinski definition) is 6. The number of rotatable bonds is 5. The number of imidazole rings is 1. The van der Waals surface area contributed by atoms with Crippen molar-refractivity contribution in [2.75, 3.05) is 31.2 Å². The van der Waals surface area contributed by atoms with Crippen LogP contribution in [0.2, 0.25) is 0 Å². The zero-order valence-electron chi connectivity index (χ0n) is 20.8. The summed E-state index contributed by atoms with van der Waals surface area (Å²) < 4.78 is 7.50. The molecule has 7 rings (SSSR count). The van der Waals surface area contributed by atoms with E-state index in [1.54, 1.807) is 12.1 Å². The lowest BCUT2D eigenvalue weighted by molar-refractivity contribution is 0.0697. The molecular weight excluding hydrogens is 478 g/mol. The van der Waals surface area contributed by atoms with E-state index in [0.717, 1.165) is 70.8 Å². The highest BCUT2D eigenvalue weighted by molar-refractivity contribution is 5.88. The largest absolute Gasteiger partial charge is 0.478 e. The first-order chi connectivity index (χ1) is 18.7. The number of carbonyl (C=O) groups is 1. The second-order valence-corrected chi connectivity index (χ2v) is 10.1. The van der Waals surface area contributed by atoms with Gasteiger partial charge in [0.15, 0.2) is 5.65 Å². The Kier molecular flexibility index (Phi) is 5.55. The third-order valence-electron chi connectivity index (χ3n) is 7.85. The van der Waals surface area contributed by atoms with Crippen LogP contribution < -0.4 is 4.90 Å². The number of morpholine rings is 1. The molecule has 5 aromatic rings. The Bertz CT molecular complexity index is 1650. The number of anilines is 1. The minimum Gasteiger partial charge on any atom is -0.478 e. The van der Waals surface area contributed by atoms with Gasteiger partial charge in [0.1, 0.15) is 0 Å². The van der Waals surface area contributed by atoms with E-state index < -0.39 is 5.97 Å². The third-order valence-corrected chi connectivity index (χ3v) is 7.85. The van der Waals surface area contributed by atoms with E-state index in [4.69, 9.17) is 19.8 Å². The SMILES string of the molecule is O=C(O)c1ccc(-c2c(C3CC(c4ccc5ccccc5n4)C3)nc3c(N4CCOCC4)ccnn23)cc1. The van der Waals surface area contributed by atoms with E-state index in [9.17, 15) is 9.90 Å². The van der Waals surface area contributed by atoms with Crippen molar-refractivity contribution in [1.29, 1.82) is 0 Å². The molecule has 0 unspecified atom stereocenters. The van der Waals surface area contributed by atoms with E-state index in [1.807, 2.05) is 41.0 Å². The first-order valence-corrected chi connectivity index (χ1v) is 13.1. The van der Waals surface area contributed by atoms with Crippen LogP contribution in [0.5, 0.6) is 0 Å². The number of pyridine rings is 1. The van der Waals surface area contributed by atoms with Gasteiger partial charge >= 0.3 is 5.97 Å². The molecule has 8 heteroatoms. The Morgan fingerprint density at radius 3 is 2.47 bits per heavy atom. The van der Waals surface area contributed by atoms with Crippen LogP contribution in [-0.2, 0) is 4.74 Å². The molecule has 2 fully saturated rings. The maximum absolute atomic E-state index is 11.5. The van der Waals surface area contributed by atoms with Crippen molar-refractivity contribution in [2.24, 2.45) is 0 Å². The quantitative estimate of drug-likeness (QED) is 0.354. The van der Waals surface area contributed by atoms with E-state index in [1.165, 1.54) is 0 Å². The topological polar surface area (TPSA) is 92.8 Å². The molecule has 0 amide bonds. The molecule has 8 nitrogen and oxygen atoms in total. The summed E-state index contributed by atoms with van der Waals surface area (Å²) in [5.41, 5.74) is 7.15. The van der Waals surface area contributed by atoms with E-state index >= 15 is 0 Å². The van der Waals surface area contributed by atoms with E-state index in [2.05, 4.69) is 29.2 Å². The van der Waals surface area contributed by atoms with Crippen LogP contribution in [0.1, 0.15) is 46.4 Å². The summed E-state index contributed by atoms with van der Waals surface area (Å²) >= 11 is 0. The molecule has 38 heavy (non-hydrogen) atoms. The maximum atomic E-state index is 11.5. The van der Waals surface area contributed by atoms with Gasteiger partial charge in [0.2, 0.25) is 0 Å². The molecule has 0 atom stereocenters. The molecular formula is C30H27N5O3. The predicted molar refractivity (Wildman–Crippen MR) is 145 cm³/mol. The molecule has 1 aliphatic carbocycles. The number of benzene rings is 2. The first-order valence-electron chi connectivity index (χ1n) is 13.1. The number of carboxylic acid groups (broad SMARTS) is 1. The Morgan fingerprint density at radius 1 is 0.895 bits per heavy atom. The van der Waals surface area contributed by atoms with Gasteiger partial charge in [-0.2, -0.15) is 5.10 Å². The van der Waals surface area contributed by atoms with Crippen molar-refractivity contribution < 1.29 is 14.6 Å². The molecule has 3 aromatic heterocycles. The number of aromatic nitrogens is 4. The normalized spacial score (nSPS) is 19.5. The van der Waals surface area contributed by atoms with Gasteiger partial charge in [-0.1, -0.05) is 36.4 Å². The Hall–Kier alpha value is -4.30. The van der Waals surface area contributed by atoms with Crippen molar-refractivity contribution in [3.05, 3.63) is 89.9 Å². The zero-order chi connectivity index (χ0) is 25.6. The fraction of sp³-hybridized carbons (Fsp3) is 0.267. The average Bonchev–Trinajstić information content (AvgIpc) is 3.32. The summed E-state index contributed by atoms with van der Waals surface area (Å²) in [6.07, 6.45) is 3.74. The van der Waals surface area contributed by atoms with Crippen LogP contribution in [0.15, 0.2) is 72.9 Å². The lowest BCUT2D eigenvalue weighted by Gasteiger charge is -2.34. The van der Waals surface area contributed by atoms with Gasteiger partial charge < -0.3 is 14.7 Å². The minimum atomic E-state index is -0.938. The second kappa shape index (κ2) is 9.22. The Balaban J connectivity index is 1.28. The summed E-state index contributed by atoms with van der Waals surface area (Å²) in [5, 5.41) is 15.3. The molecule has 0 radical (unpaired) electrons. The number of nitrogens with zero attached hydrogens (tertiary/aromatic N) is 5. The molecule has 190 valence electrons. The molecule has 2 aromatic carbocycles. The van der Waals surface area contributed by atoms with Crippen LogP contribution in [0, 0.1) is 0 Å². The van der Waals surface area contributed by atoms with Crippen LogP contribution in [0.4, 0.5) is 5.69 Å². The number of para-hydroxylation sites is 1. The van der Waals surface area contributed by atoms with Gasteiger partial charge in [0.25, 0.3) is 0 Å². The molecule has 1 saturated heterocycles. The van der Waals surface area contributed by atoms with E-state index in [-0.39, 0.29) is 11.5 Å². The predicted octanol–water partition coefficient (Wildman–Crippen LogP) is 5.14. The summed E-state index contributed by atoms with van der Waals surface area (Å²) in [6.45, 7) is 3.00. The van der Waals surface area contributed by atoms with Crippen LogP contribution >= 0.6 is 0 Å². The minimum absolute atomic E-state index is 0.261. The lowest BCUT2D eigenvalue weighted by atomic mass is 9.71. The highest BCUT2D eigenvalue weighted by Gasteiger charge is 2.37. The van der Waals surface area contributed by atoms with Gasteiger partial charge in [0, 0.05) is 41.6 Å². The zero-order valence-corrected chi connectivity index (χ0v) is 20.8. The number of ether oxygens (including phenoxy) is 1. The second-order valence-electron chi connectivity index (χ2n) is 10.1. The maximum Gasteiger partial charge on any atom is 0.335 e. The molecule has 1 N–H and O–H groups in total. The molecule has 0 spiro atoms. The number of hydrogen-bond donors (Lipinski definition) is 1. The smallest absolute Gasteiger partial charge is 0.335 e. The van der Waals surface area contributed by atoms with Crippen LogP contribution in [0.25, 0.3) is 27.8 Å². The molecule has 1 aliphatic heterocycles. The fourth-order valence-electron chi connectivity index (χ4n) is 5.72. The summed E-state index contributed by atoms with van der Waals surface area (Å²) in [4.78, 5) is 23.9. The fourth-order valence-corrected chi connectivity index (χ4v) is 5.72. The summed E-state index contributed by atoms with van der Waals surface area (Å²) in [7, 11) is 0. The number of fused-ring (bicyclic) bond motifs is 2. The van der Waals surface area contributed by atoms with Crippen LogP contribution in [-0.4, -0.2) is 57.0 Å². The summed E-state index contributed by atoms with van der Waals surface area (Å²) in [5.74, 6) is -0.294. The van der Waals surface area contributed by atoms with Gasteiger partial charge in [0.05, 0.1) is 47.6 Å². The molecule has 1 saturated carbocycles. The Labute approximate surface area is 219 Å². The molecule has 0 bridgehead atoms. The van der Waals surface area contributed by atoms with Gasteiger partial charge in [-0.15, -0.1) is 0 Å². The van der Waals surface area contributed by atoms with Gasteiger partial charge in [-0.3, -0.25) is 4.98 Å². The number of aromatic carboxylic acids is 1. The van der Waals surface area contributed by atoms with E-state index in [0.29, 0.717) is 19.1 Å². The van der Waals surface area contributed by atoms with Crippen molar-refractivity contribution in [1.82, 2.24) is 19.6 Å². The average molecular weight is 506 g/mol. The Morgan fingerprint density at radius 2 is 1.68 bits per heavy atom. The first kappa shape index (κ1) is 22.9. The lowest BCUT2D eigenvalue weighted by Crippen LogP contribution is -2.36. The monoisotopic (exact) mass is 505 g/mol. The van der Waals surface area contributed by atoms with Crippen molar-refractivity contribution in [3.8, 4) is 11.3 Å². The van der Waals surface area contributed by atoms with Crippen LogP contribution in [0.3, 0.4) is 0 Å².